The molecule has 9 heteroatoms. The predicted octanol–water partition coefficient (Wildman–Crippen LogP) is 2.14. The number of esters is 1. The highest BCUT2D eigenvalue weighted by Gasteiger charge is 2.19. The molecule has 0 radical (unpaired) electrons. The van der Waals surface area contributed by atoms with Gasteiger partial charge in [-0.2, -0.15) is 0 Å². The molecule has 0 aliphatic heterocycles. The van der Waals surface area contributed by atoms with Crippen LogP contribution in [0.4, 0.5) is 0 Å². The van der Waals surface area contributed by atoms with Gasteiger partial charge in [-0.3, -0.25) is 4.79 Å². The summed E-state index contributed by atoms with van der Waals surface area (Å²) in [6, 6.07) is 10.2. The molecule has 0 fully saturated rings. The van der Waals surface area contributed by atoms with E-state index in [2.05, 4.69) is 15.9 Å². The number of Topliss-reactive ketones (excluding diaryl/α,β-unsaturated/α-hetero) is 1. The highest BCUT2D eigenvalue weighted by Crippen LogP contribution is 2.22. The van der Waals surface area contributed by atoms with Crippen molar-refractivity contribution in [2.75, 3.05) is 13.7 Å². The second-order valence-electron chi connectivity index (χ2n) is 4.89. The SMILES string of the molecule is COc1ccccc1C(=O)COC(=O)c1cc(S(N)(=O)=O)ccc1Br. The maximum absolute atomic E-state index is 12.2. The highest BCUT2D eigenvalue weighted by atomic mass is 79.9. The molecule has 0 heterocycles. The van der Waals surface area contributed by atoms with E-state index in [1.54, 1.807) is 24.3 Å². The van der Waals surface area contributed by atoms with Crippen molar-refractivity contribution in [1.29, 1.82) is 0 Å². The monoisotopic (exact) mass is 427 g/mol. The Morgan fingerprint density at radius 2 is 1.80 bits per heavy atom. The molecule has 7 nitrogen and oxygen atoms in total. The van der Waals surface area contributed by atoms with Crippen LogP contribution >= 0.6 is 15.9 Å². The van der Waals surface area contributed by atoms with Crippen LogP contribution in [-0.4, -0.2) is 33.9 Å². The van der Waals surface area contributed by atoms with Crippen molar-refractivity contribution in [3.8, 4) is 5.75 Å². The van der Waals surface area contributed by atoms with E-state index in [9.17, 15) is 18.0 Å². The fraction of sp³-hybridized carbons (Fsp3) is 0.125. The van der Waals surface area contributed by atoms with Gasteiger partial charge in [-0.25, -0.2) is 18.4 Å². The van der Waals surface area contributed by atoms with Gasteiger partial charge in [0.1, 0.15) is 5.75 Å². The number of hydrogen-bond donors (Lipinski definition) is 1. The number of sulfonamides is 1. The van der Waals surface area contributed by atoms with Crippen LogP contribution < -0.4 is 9.88 Å². The Hall–Kier alpha value is -2.23. The van der Waals surface area contributed by atoms with Gasteiger partial charge < -0.3 is 9.47 Å². The number of nitrogens with two attached hydrogens (primary N) is 1. The number of halogens is 1. The molecule has 0 unspecified atom stereocenters. The Labute approximate surface area is 152 Å². The second kappa shape index (κ2) is 7.77. The van der Waals surface area contributed by atoms with E-state index in [0.29, 0.717) is 10.2 Å². The van der Waals surface area contributed by atoms with Crippen molar-refractivity contribution in [1.82, 2.24) is 0 Å². The van der Waals surface area contributed by atoms with Gasteiger partial charge >= 0.3 is 5.97 Å². The molecular weight excluding hydrogens is 414 g/mol. The highest BCUT2D eigenvalue weighted by molar-refractivity contribution is 9.10. The quantitative estimate of drug-likeness (QED) is 0.557. The number of benzene rings is 2. The van der Waals surface area contributed by atoms with Gasteiger partial charge in [0.05, 0.1) is 23.1 Å². The van der Waals surface area contributed by atoms with Crippen LogP contribution in [0.2, 0.25) is 0 Å². The maximum Gasteiger partial charge on any atom is 0.339 e. The number of primary sulfonamides is 1. The summed E-state index contributed by atoms with van der Waals surface area (Å²) in [6.45, 7) is -0.523. The molecule has 25 heavy (non-hydrogen) atoms. The van der Waals surface area contributed by atoms with Gasteiger partial charge in [0.25, 0.3) is 0 Å². The number of hydrogen-bond acceptors (Lipinski definition) is 6. The summed E-state index contributed by atoms with van der Waals surface area (Å²) >= 11 is 3.13. The summed E-state index contributed by atoms with van der Waals surface area (Å²) in [5.74, 6) is -0.953. The average molecular weight is 428 g/mol. The van der Waals surface area contributed by atoms with Crippen molar-refractivity contribution >= 4 is 37.7 Å². The molecular formula is C16H14BrNO6S. The molecule has 0 bridgehead atoms. The number of methoxy groups -OCH3 is 1. The first kappa shape index (κ1) is 19.1. The Morgan fingerprint density at radius 3 is 2.44 bits per heavy atom. The van der Waals surface area contributed by atoms with E-state index < -0.39 is 28.4 Å². The summed E-state index contributed by atoms with van der Waals surface area (Å²) in [6.07, 6.45) is 0. The van der Waals surface area contributed by atoms with Crippen LogP contribution in [0.15, 0.2) is 51.8 Å². The average Bonchev–Trinajstić information content (AvgIpc) is 2.58. The van der Waals surface area contributed by atoms with Gasteiger partial charge in [-0.05, 0) is 46.3 Å². The first-order valence-corrected chi connectivity index (χ1v) is 9.23. The third-order valence-corrected chi connectivity index (χ3v) is 4.83. The van der Waals surface area contributed by atoms with Crippen LogP contribution in [-0.2, 0) is 14.8 Å². The zero-order valence-corrected chi connectivity index (χ0v) is 15.5. The molecule has 2 rings (SSSR count). The topological polar surface area (TPSA) is 113 Å². The fourth-order valence-corrected chi connectivity index (χ4v) is 2.95. The molecule has 132 valence electrons. The maximum atomic E-state index is 12.2. The molecule has 0 aliphatic carbocycles. The number of rotatable bonds is 6. The summed E-state index contributed by atoms with van der Waals surface area (Å²) in [5.41, 5.74) is 0.217. The molecule has 2 N–H and O–H groups in total. The van der Waals surface area contributed by atoms with Crippen LogP contribution in [0.25, 0.3) is 0 Å². The number of para-hydroxylation sites is 1. The number of carbonyl (C=O) groups excluding carboxylic acids is 2. The van der Waals surface area contributed by atoms with E-state index >= 15 is 0 Å². The largest absolute Gasteiger partial charge is 0.496 e. The third-order valence-electron chi connectivity index (χ3n) is 3.23. The minimum absolute atomic E-state index is 0.0562. The summed E-state index contributed by atoms with van der Waals surface area (Å²) < 4.78 is 33.1. The molecule has 0 aliphatic rings. The lowest BCUT2D eigenvalue weighted by Gasteiger charge is -2.09. The Morgan fingerprint density at radius 1 is 1.12 bits per heavy atom. The van der Waals surface area contributed by atoms with Gasteiger partial charge in [-0.1, -0.05) is 12.1 Å². The van der Waals surface area contributed by atoms with E-state index in [-0.39, 0.29) is 16.0 Å². The molecule has 0 amide bonds. The smallest absolute Gasteiger partial charge is 0.339 e. The van der Waals surface area contributed by atoms with Crippen LogP contribution in [0, 0.1) is 0 Å². The van der Waals surface area contributed by atoms with Gasteiger partial charge in [0.2, 0.25) is 15.8 Å². The molecule has 0 atom stereocenters. The van der Waals surface area contributed by atoms with Crippen molar-refractivity contribution < 1.29 is 27.5 Å². The minimum atomic E-state index is -3.97. The lowest BCUT2D eigenvalue weighted by atomic mass is 10.1. The van der Waals surface area contributed by atoms with E-state index in [4.69, 9.17) is 14.6 Å². The van der Waals surface area contributed by atoms with Crippen molar-refractivity contribution in [3.63, 3.8) is 0 Å². The zero-order valence-electron chi connectivity index (χ0n) is 13.1. The first-order valence-electron chi connectivity index (χ1n) is 6.89. The van der Waals surface area contributed by atoms with Crippen LogP contribution in [0.5, 0.6) is 5.75 Å². The molecule has 0 aromatic heterocycles. The zero-order chi connectivity index (χ0) is 18.6. The second-order valence-corrected chi connectivity index (χ2v) is 7.30. The molecule has 0 saturated carbocycles. The summed E-state index contributed by atoms with van der Waals surface area (Å²) in [5, 5.41) is 5.04. The van der Waals surface area contributed by atoms with Crippen molar-refractivity contribution in [3.05, 3.63) is 58.1 Å². The minimum Gasteiger partial charge on any atom is -0.496 e. The van der Waals surface area contributed by atoms with E-state index in [1.165, 1.54) is 19.2 Å². The van der Waals surface area contributed by atoms with Crippen LogP contribution in [0.1, 0.15) is 20.7 Å². The van der Waals surface area contributed by atoms with Crippen molar-refractivity contribution in [2.24, 2.45) is 5.14 Å². The first-order chi connectivity index (χ1) is 11.7. The lowest BCUT2D eigenvalue weighted by Crippen LogP contribution is -2.17. The predicted molar refractivity (Wildman–Crippen MR) is 93.1 cm³/mol. The molecule has 0 spiro atoms. The van der Waals surface area contributed by atoms with E-state index in [1.807, 2.05) is 0 Å². The summed E-state index contributed by atoms with van der Waals surface area (Å²) in [4.78, 5) is 24.1. The standard InChI is InChI=1S/C16H14BrNO6S/c1-23-15-5-3-2-4-11(15)14(19)9-24-16(20)12-8-10(25(18,21)22)6-7-13(12)17/h2-8H,9H2,1H3,(H2,18,21,22). The fourth-order valence-electron chi connectivity index (χ4n) is 2.00. The normalized spacial score (nSPS) is 11.0. The van der Waals surface area contributed by atoms with E-state index in [0.717, 1.165) is 6.07 Å². The number of ketones is 1. The molecule has 2 aromatic rings. The lowest BCUT2D eigenvalue weighted by molar-refractivity contribution is 0.0472. The van der Waals surface area contributed by atoms with Crippen molar-refractivity contribution in [2.45, 2.75) is 4.90 Å². The number of carbonyl (C=O) groups is 2. The summed E-state index contributed by atoms with van der Waals surface area (Å²) in [7, 11) is -2.55. The molecule has 0 saturated heterocycles. The van der Waals surface area contributed by atoms with Gasteiger partial charge in [-0.15, -0.1) is 0 Å². The van der Waals surface area contributed by atoms with Gasteiger partial charge in [0, 0.05) is 4.47 Å². The third kappa shape index (κ3) is 4.65. The van der Waals surface area contributed by atoms with Crippen LogP contribution in [0.3, 0.4) is 0 Å². The Kier molecular flexibility index (Phi) is 5.93. The Balaban J connectivity index is 2.17. The Bertz CT molecular complexity index is 926. The number of ether oxygens (including phenoxy) is 2. The molecule has 2 aromatic carbocycles. The van der Waals surface area contributed by atoms with Gasteiger partial charge in [0.15, 0.2) is 6.61 Å².